The molecule has 0 N–H and O–H groups in total. The van der Waals surface area contributed by atoms with Gasteiger partial charge in [-0.2, -0.15) is 0 Å². The molecule has 0 unspecified atom stereocenters. The molecule has 7 nitrogen and oxygen atoms in total. The summed E-state index contributed by atoms with van der Waals surface area (Å²) in [5.41, 5.74) is 2.03. The lowest BCUT2D eigenvalue weighted by Crippen LogP contribution is -2.22. The molecule has 6 rings (SSSR count). The van der Waals surface area contributed by atoms with E-state index in [9.17, 15) is 4.79 Å². The summed E-state index contributed by atoms with van der Waals surface area (Å²) in [7, 11) is 0. The lowest BCUT2D eigenvalue weighted by Gasteiger charge is -2.12. The fourth-order valence-electron chi connectivity index (χ4n) is 3.72. The number of ether oxygens (including phenoxy) is 4. The van der Waals surface area contributed by atoms with Gasteiger partial charge in [0.2, 0.25) is 13.6 Å². The van der Waals surface area contributed by atoms with Crippen molar-refractivity contribution >= 4 is 23.1 Å². The molecule has 3 aromatic carbocycles. The second-order valence-corrected chi connectivity index (χ2v) is 7.11. The Morgan fingerprint density at radius 1 is 0.774 bits per heavy atom. The number of hydrogen-bond acceptors (Lipinski definition) is 6. The van der Waals surface area contributed by atoms with Crippen LogP contribution in [-0.4, -0.2) is 23.1 Å². The molecule has 31 heavy (non-hydrogen) atoms. The summed E-state index contributed by atoms with van der Waals surface area (Å²) in [4.78, 5) is 18.1. The maximum absolute atomic E-state index is 13.4. The Labute approximate surface area is 176 Å². The van der Waals surface area contributed by atoms with Crippen molar-refractivity contribution in [2.24, 2.45) is 0 Å². The zero-order valence-electron chi connectivity index (χ0n) is 16.3. The van der Waals surface area contributed by atoms with E-state index in [0.717, 1.165) is 11.3 Å². The molecule has 0 bridgehead atoms. The lowest BCUT2D eigenvalue weighted by molar-refractivity contribution is 0.173. The minimum Gasteiger partial charge on any atom is -0.454 e. The van der Waals surface area contributed by atoms with E-state index in [2.05, 4.69) is 0 Å². The second-order valence-electron chi connectivity index (χ2n) is 7.11. The van der Waals surface area contributed by atoms with Gasteiger partial charge in [0, 0.05) is 6.07 Å². The van der Waals surface area contributed by atoms with Crippen molar-refractivity contribution in [2.45, 2.75) is 0 Å². The minimum atomic E-state index is -0.158. The van der Waals surface area contributed by atoms with E-state index < -0.39 is 0 Å². The third kappa shape index (κ3) is 2.98. The first-order chi connectivity index (χ1) is 15.3. The van der Waals surface area contributed by atoms with Crippen LogP contribution in [-0.2, 0) is 0 Å². The van der Waals surface area contributed by atoms with Gasteiger partial charge >= 0.3 is 0 Å². The van der Waals surface area contributed by atoms with E-state index in [1.807, 2.05) is 54.6 Å². The predicted octanol–water partition coefficient (Wildman–Crippen LogP) is 4.01. The highest BCUT2D eigenvalue weighted by molar-refractivity contribution is 5.80. The zero-order valence-corrected chi connectivity index (χ0v) is 16.3. The molecular formula is C24H16N2O5. The van der Waals surface area contributed by atoms with Crippen molar-refractivity contribution in [1.82, 2.24) is 9.55 Å². The smallest absolute Gasteiger partial charge is 0.266 e. The molecule has 0 atom stereocenters. The summed E-state index contributed by atoms with van der Waals surface area (Å²) in [6, 6.07) is 18.4. The second kappa shape index (κ2) is 6.91. The maximum atomic E-state index is 13.4. The molecule has 0 spiro atoms. The SMILES string of the molecule is O=c1c2ccccc2nc(C=Cc2ccc3c(c2)OCO3)n1-c1ccc2c(c1)OCO2. The third-order valence-electron chi connectivity index (χ3n) is 5.24. The van der Waals surface area contributed by atoms with Crippen LogP contribution in [0.2, 0.25) is 0 Å². The van der Waals surface area contributed by atoms with E-state index in [1.165, 1.54) is 0 Å². The first kappa shape index (κ1) is 17.6. The summed E-state index contributed by atoms with van der Waals surface area (Å²) >= 11 is 0. The van der Waals surface area contributed by atoms with Crippen molar-refractivity contribution in [3.05, 3.63) is 82.4 Å². The molecular weight excluding hydrogens is 396 g/mol. The van der Waals surface area contributed by atoms with Gasteiger partial charge in [-0.15, -0.1) is 0 Å². The van der Waals surface area contributed by atoms with Gasteiger partial charge in [-0.1, -0.05) is 24.3 Å². The first-order valence-corrected chi connectivity index (χ1v) is 9.76. The van der Waals surface area contributed by atoms with Crippen LogP contribution in [0.1, 0.15) is 11.4 Å². The van der Waals surface area contributed by atoms with E-state index in [1.54, 1.807) is 22.8 Å². The summed E-state index contributed by atoms with van der Waals surface area (Å²) in [5, 5.41) is 0.542. The van der Waals surface area contributed by atoms with Crippen molar-refractivity contribution in [1.29, 1.82) is 0 Å². The number of nitrogens with zero attached hydrogens (tertiary/aromatic N) is 2. The normalized spacial score (nSPS) is 13.9. The average molecular weight is 412 g/mol. The van der Waals surface area contributed by atoms with E-state index in [0.29, 0.717) is 39.7 Å². The topological polar surface area (TPSA) is 71.8 Å². The molecule has 0 aliphatic carbocycles. The Morgan fingerprint density at radius 3 is 2.32 bits per heavy atom. The highest BCUT2D eigenvalue weighted by atomic mass is 16.7. The number of para-hydroxylation sites is 1. The average Bonchev–Trinajstić information content (AvgIpc) is 3.46. The molecule has 0 radical (unpaired) electrons. The molecule has 0 amide bonds. The molecule has 1 aromatic heterocycles. The molecule has 0 saturated carbocycles. The Hall–Kier alpha value is -4.26. The van der Waals surface area contributed by atoms with Crippen molar-refractivity contribution in [3.8, 4) is 28.7 Å². The maximum Gasteiger partial charge on any atom is 0.266 e. The van der Waals surface area contributed by atoms with Gasteiger partial charge in [0.05, 0.1) is 16.6 Å². The molecule has 3 heterocycles. The summed E-state index contributed by atoms with van der Waals surface area (Å²) < 4.78 is 23.3. The van der Waals surface area contributed by atoms with Gasteiger partial charge in [-0.3, -0.25) is 9.36 Å². The Bertz CT molecular complexity index is 1420. The van der Waals surface area contributed by atoms with Gasteiger partial charge < -0.3 is 18.9 Å². The summed E-state index contributed by atoms with van der Waals surface area (Å²) in [5.74, 6) is 3.17. The fourth-order valence-corrected chi connectivity index (χ4v) is 3.72. The van der Waals surface area contributed by atoms with Crippen molar-refractivity contribution in [2.75, 3.05) is 13.6 Å². The van der Waals surface area contributed by atoms with Gasteiger partial charge in [0.25, 0.3) is 5.56 Å². The number of fused-ring (bicyclic) bond motifs is 3. The molecule has 152 valence electrons. The van der Waals surface area contributed by atoms with Gasteiger partial charge in [0.15, 0.2) is 23.0 Å². The zero-order chi connectivity index (χ0) is 20.8. The molecule has 0 saturated heterocycles. The molecule has 2 aliphatic rings. The van der Waals surface area contributed by atoms with Crippen LogP contribution in [0.4, 0.5) is 0 Å². The van der Waals surface area contributed by atoms with Crippen LogP contribution in [0.15, 0.2) is 65.5 Å². The Morgan fingerprint density at radius 2 is 1.48 bits per heavy atom. The fraction of sp³-hybridized carbons (Fsp3) is 0.0833. The summed E-state index contributed by atoms with van der Waals surface area (Å²) in [6.45, 7) is 0.388. The van der Waals surface area contributed by atoms with Gasteiger partial charge in [-0.05, 0) is 48.0 Å². The third-order valence-corrected chi connectivity index (χ3v) is 5.24. The first-order valence-electron chi connectivity index (χ1n) is 9.76. The van der Waals surface area contributed by atoms with Crippen LogP contribution in [0.5, 0.6) is 23.0 Å². The Kier molecular flexibility index (Phi) is 3.92. The van der Waals surface area contributed by atoms with Crippen LogP contribution < -0.4 is 24.5 Å². The van der Waals surface area contributed by atoms with Crippen molar-refractivity contribution < 1.29 is 18.9 Å². The standard InChI is InChI=1S/C24H16N2O5/c27-24-17-3-1-2-4-18(17)25-23(10-6-15-5-8-19-21(11-15)30-13-28-19)26(24)16-7-9-20-22(12-16)31-14-29-20/h1-12H,13-14H2. The van der Waals surface area contributed by atoms with E-state index in [-0.39, 0.29) is 19.1 Å². The molecule has 4 aromatic rings. The molecule has 7 heteroatoms. The number of benzene rings is 3. The molecule has 2 aliphatic heterocycles. The highest BCUT2D eigenvalue weighted by Gasteiger charge is 2.17. The highest BCUT2D eigenvalue weighted by Crippen LogP contribution is 2.34. The van der Waals surface area contributed by atoms with E-state index >= 15 is 0 Å². The van der Waals surface area contributed by atoms with Gasteiger partial charge in [0.1, 0.15) is 5.82 Å². The number of aromatic nitrogens is 2. The van der Waals surface area contributed by atoms with E-state index in [4.69, 9.17) is 23.9 Å². The summed E-state index contributed by atoms with van der Waals surface area (Å²) in [6.07, 6.45) is 3.71. The number of hydrogen-bond donors (Lipinski definition) is 0. The largest absolute Gasteiger partial charge is 0.454 e. The minimum absolute atomic E-state index is 0.158. The Balaban J connectivity index is 1.51. The number of rotatable bonds is 3. The van der Waals surface area contributed by atoms with Crippen LogP contribution in [0.25, 0.3) is 28.7 Å². The molecule has 0 fully saturated rings. The van der Waals surface area contributed by atoms with Gasteiger partial charge in [-0.25, -0.2) is 4.98 Å². The van der Waals surface area contributed by atoms with Crippen LogP contribution >= 0.6 is 0 Å². The predicted molar refractivity (Wildman–Crippen MR) is 115 cm³/mol. The monoisotopic (exact) mass is 412 g/mol. The van der Waals surface area contributed by atoms with Crippen LogP contribution in [0.3, 0.4) is 0 Å². The quantitative estimate of drug-likeness (QED) is 0.506. The van der Waals surface area contributed by atoms with Crippen LogP contribution in [0, 0.1) is 0 Å². The van der Waals surface area contributed by atoms with Crippen molar-refractivity contribution in [3.63, 3.8) is 0 Å². The lowest BCUT2D eigenvalue weighted by atomic mass is 10.1.